The van der Waals surface area contributed by atoms with Gasteiger partial charge in [-0.2, -0.15) is 0 Å². The van der Waals surface area contributed by atoms with Gasteiger partial charge < -0.3 is 15.0 Å². The van der Waals surface area contributed by atoms with Gasteiger partial charge in [-0.3, -0.25) is 9.59 Å². The number of amides is 2. The van der Waals surface area contributed by atoms with Gasteiger partial charge >= 0.3 is 0 Å². The van der Waals surface area contributed by atoms with Crippen molar-refractivity contribution in [3.8, 4) is 5.75 Å². The number of aryl methyl sites for hydroxylation is 1. The number of ether oxygens (including phenoxy) is 1. The van der Waals surface area contributed by atoms with E-state index in [-0.39, 0.29) is 11.8 Å². The molecule has 1 heterocycles. The van der Waals surface area contributed by atoms with Crippen molar-refractivity contribution in [1.82, 2.24) is 10.2 Å². The van der Waals surface area contributed by atoms with Crippen LogP contribution in [0.15, 0.2) is 18.2 Å². The Balaban J connectivity index is 2.09. The molecule has 6 heteroatoms. The standard InChI is InChI=1S/C15H19ClN2O3/c1-9-4-5-12(16)13(8-9)21-11(3)15(20)18-7-6-17-14(19)10(18)2/h4-5,8,10-11H,6-7H2,1-3H3,(H,17,19). The van der Waals surface area contributed by atoms with Crippen molar-refractivity contribution in [2.24, 2.45) is 0 Å². The Morgan fingerprint density at radius 3 is 2.95 bits per heavy atom. The van der Waals surface area contributed by atoms with Gasteiger partial charge in [-0.1, -0.05) is 17.7 Å². The molecule has 2 rings (SSSR count). The molecule has 1 aromatic rings. The molecule has 0 aliphatic carbocycles. The van der Waals surface area contributed by atoms with E-state index in [4.69, 9.17) is 16.3 Å². The number of halogens is 1. The van der Waals surface area contributed by atoms with E-state index < -0.39 is 12.1 Å². The second kappa shape index (κ2) is 6.35. The highest BCUT2D eigenvalue weighted by Gasteiger charge is 2.32. The van der Waals surface area contributed by atoms with Gasteiger partial charge in [0.1, 0.15) is 11.8 Å². The molecule has 2 unspecified atom stereocenters. The first kappa shape index (κ1) is 15.6. The number of nitrogens with one attached hydrogen (secondary N) is 1. The van der Waals surface area contributed by atoms with Crippen LogP contribution in [0.1, 0.15) is 19.4 Å². The highest BCUT2D eigenvalue weighted by atomic mass is 35.5. The maximum absolute atomic E-state index is 12.4. The molecular formula is C15H19ClN2O3. The Morgan fingerprint density at radius 1 is 1.52 bits per heavy atom. The maximum atomic E-state index is 12.4. The van der Waals surface area contributed by atoms with Crippen LogP contribution < -0.4 is 10.1 Å². The summed E-state index contributed by atoms with van der Waals surface area (Å²) in [5.74, 6) is 0.122. The average molecular weight is 311 g/mol. The lowest BCUT2D eigenvalue weighted by Crippen LogP contribution is -2.58. The Hall–Kier alpha value is -1.75. The van der Waals surface area contributed by atoms with Crippen LogP contribution in [-0.4, -0.2) is 41.9 Å². The molecule has 0 aromatic heterocycles. The van der Waals surface area contributed by atoms with Crippen molar-refractivity contribution < 1.29 is 14.3 Å². The number of carbonyl (C=O) groups is 2. The fourth-order valence-electron chi connectivity index (χ4n) is 2.26. The van der Waals surface area contributed by atoms with Gasteiger partial charge in [-0.15, -0.1) is 0 Å². The van der Waals surface area contributed by atoms with Crippen LogP contribution in [0, 0.1) is 6.92 Å². The summed E-state index contributed by atoms with van der Waals surface area (Å²) < 4.78 is 5.67. The minimum atomic E-state index is -0.697. The Bertz CT molecular complexity index is 562. The number of benzene rings is 1. The summed E-state index contributed by atoms with van der Waals surface area (Å²) in [4.78, 5) is 25.6. The van der Waals surface area contributed by atoms with Crippen molar-refractivity contribution >= 4 is 23.4 Å². The van der Waals surface area contributed by atoms with E-state index in [1.807, 2.05) is 13.0 Å². The molecule has 2 amide bonds. The predicted octanol–water partition coefficient (Wildman–Crippen LogP) is 1.76. The third-order valence-corrected chi connectivity index (χ3v) is 3.83. The summed E-state index contributed by atoms with van der Waals surface area (Å²) in [5.41, 5.74) is 1.000. The first-order valence-electron chi connectivity index (χ1n) is 6.91. The van der Waals surface area contributed by atoms with Crippen LogP contribution >= 0.6 is 11.6 Å². The van der Waals surface area contributed by atoms with E-state index in [0.29, 0.717) is 23.9 Å². The summed E-state index contributed by atoms with van der Waals surface area (Å²) in [7, 11) is 0. The average Bonchev–Trinajstić information content (AvgIpc) is 2.45. The summed E-state index contributed by atoms with van der Waals surface area (Å²) in [6.45, 7) is 6.25. The van der Waals surface area contributed by atoms with E-state index in [1.165, 1.54) is 4.90 Å². The molecule has 1 N–H and O–H groups in total. The molecule has 0 bridgehead atoms. The van der Waals surface area contributed by atoms with Crippen molar-refractivity contribution in [1.29, 1.82) is 0 Å². The van der Waals surface area contributed by atoms with Crippen molar-refractivity contribution in [2.45, 2.75) is 32.9 Å². The zero-order valence-corrected chi connectivity index (χ0v) is 13.1. The third-order valence-electron chi connectivity index (χ3n) is 3.52. The normalized spacial score (nSPS) is 19.9. The van der Waals surface area contributed by atoms with E-state index >= 15 is 0 Å². The second-order valence-electron chi connectivity index (χ2n) is 5.19. The molecular weight excluding hydrogens is 292 g/mol. The zero-order valence-electron chi connectivity index (χ0n) is 12.4. The van der Waals surface area contributed by atoms with Crippen LogP contribution in [0.25, 0.3) is 0 Å². The van der Waals surface area contributed by atoms with E-state index in [2.05, 4.69) is 5.32 Å². The zero-order chi connectivity index (χ0) is 15.6. The maximum Gasteiger partial charge on any atom is 0.264 e. The largest absolute Gasteiger partial charge is 0.479 e. The minimum absolute atomic E-state index is 0.143. The quantitative estimate of drug-likeness (QED) is 0.925. The molecule has 1 aliphatic rings. The van der Waals surface area contributed by atoms with Gasteiger partial charge in [0, 0.05) is 13.1 Å². The lowest BCUT2D eigenvalue weighted by atomic mass is 10.2. The smallest absolute Gasteiger partial charge is 0.264 e. The van der Waals surface area contributed by atoms with Crippen LogP contribution in [0.4, 0.5) is 0 Å². The number of piperazine rings is 1. The molecule has 5 nitrogen and oxygen atoms in total. The van der Waals surface area contributed by atoms with Crippen molar-refractivity contribution in [2.75, 3.05) is 13.1 Å². The minimum Gasteiger partial charge on any atom is -0.479 e. The number of nitrogens with zero attached hydrogens (tertiary/aromatic N) is 1. The highest BCUT2D eigenvalue weighted by Crippen LogP contribution is 2.26. The molecule has 1 aromatic carbocycles. The van der Waals surface area contributed by atoms with Crippen molar-refractivity contribution in [3.05, 3.63) is 28.8 Å². The molecule has 21 heavy (non-hydrogen) atoms. The SMILES string of the molecule is Cc1ccc(Cl)c(OC(C)C(=O)N2CCNC(=O)C2C)c1. The van der Waals surface area contributed by atoms with Crippen LogP contribution in [-0.2, 0) is 9.59 Å². The summed E-state index contributed by atoms with van der Waals surface area (Å²) in [6.07, 6.45) is -0.697. The Morgan fingerprint density at radius 2 is 2.24 bits per heavy atom. The van der Waals surface area contributed by atoms with Gasteiger partial charge in [0.15, 0.2) is 6.10 Å². The Labute approximate surface area is 129 Å². The van der Waals surface area contributed by atoms with Gasteiger partial charge in [0.2, 0.25) is 5.91 Å². The van der Waals surface area contributed by atoms with Gasteiger partial charge in [-0.25, -0.2) is 0 Å². The molecule has 2 atom stereocenters. The molecule has 114 valence electrons. The van der Waals surface area contributed by atoms with Crippen LogP contribution in [0.3, 0.4) is 0 Å². The number of carbonyl (C=O) groups excluding carboxylic acids is 2. The highest BCUT2D eigenvalue weighted by molar-refractivity contribution is 6.32. The van der Waals surface area contributed by atoms with Crippen molar-refractivity contribution in [3.63, 3.8) is 0 Å². The number of rotatable bonds is 3. The molecule has 1 aliphatic heterocycles. The first-order chi connectivity index (χ1) is 9.90. The lowest BCUT2D eigenvalue weighted by molar-refractivity contribution is -0.147. The van der Waals surface area contributed by atoms with E-state index in [9.17, 15) is 9.59 Å². The van der Waals surface area contributed by atoms with Crippen LogP contribution in [0.5, 0.6) is 5.75 Å². The summed E-state index contributed by atoms with van der Waals surface area (Å²) >= 11 is 6.07. The van der Waals surface area contributed by atoms with E-state index in [1.54, 1.807) is 26.0 Å². The van der Waals surface area contributed by atoms with Gasteiger partial charge in [0.25, 0.3) is 5.91 Å². The first-order valence-corrected chi connectivity index (χ1v) is 7.29. The predicted molar refractivity (Wildman–Crippen MR) is 80.5 cm³/mol. The van der Waals surface area contributed by atoms with Gasteiger partial charge in [-0.05, 0) is 38.5 Å². The van der Waals surface area contributed by atoms with Crippen LogP contribution in [0.2, 0.25) is 5.02 Å². The third kappa shape index (κ3) is 3.47. The lowest BCUT2D eigenvalue weighted by Gasteiger charge is -2.34. The number of hydrogen-bond donors (Lipinski definition) is 1. The number of hydrogen-bond acceptors (Lipinski definition) is 3. The Kier molecular flexibility index (Phi) is 4.73. The molecule has 0 radical (unpaired) electrons. The summed E-state index contributed by atoms with van der Waals surface area (Å²) in [6, 6.07) is 4.92. The summed E-state index contributed by atoms with van der Waals surface area (Å²) in [5, 5.41) is 3.19. The molecule has 0 spiro atoms. The fraction of sp³-hybridized carbons (Fsp3) is 0.467. The van der Waals surface area contributed by atoms with Gasteiger partial charge in [0.05, 0.1) is 5.02 Å². The molecule has 1 saturated heterocycles. The monoisotopic (exact) mass is 310 g/mol. The topological polar surface area (TPSA) is 58.6 Å². The molecule has 0 saturated carbocycles. The second-order valence-corrected chi connectivity index (χ2v) is 5.60. The van der Waals surface area contributed by atoms with E-state index in [0.717, 1.165) is 5.56 Å². The molecule has 1 fully saturated rings. The fourth-order valence-corrected chi connectivity index (χ4v) is 2.42.